The van der Waals surface area contributed by atoms with Crippen molar-refractivity contribution < 1.29 is 9.90 Å². The molecule has 2 unspecified atom stereocenters. The topological polar surface area (TPSA) is 63.3 Å². The Labute approximate surface area is 122 Å². The summed E-state index contributed by atoms with van der Waals surface area (Å²) in [6.07, 6.45) is 3.74. The predicted molar refractivity (Wildman–Crippen MR) is 82.8 cm³/mol. The number of carbonyl (C=O) groups is 1. The summed E-state index contributed by atoms with van der Waals surface area (Å²) < 4.78 is 0. The number of aliphatic carboxylic acids is 1. The average Bonchev–Trinajstić information content (AvgIpc) is 2.42. The smallest absolute Gasteiger partial charge is 0.307 e. The van der Waals surface area contributed by atoms with Crippen molar-refractivity contribution in [1.82, 2.24) is 0 Å². The number of hydrogen-bond donors (Lipinski definition) is 2. The summed E-state index contributed by atoms with van der Waals surface area (Å²) in [7, 11) is 0. The minimum Gasteiger partial charge on any atom is -0.481 e. The Morgan fingerprint density at radius 2 is 2.00 bits per heavy atom. The molecule has 20 heavy (non-hydrogen) atoms. The van der Waals surface area contributed by atoms with Crippen molar-refractivity contribution in [1.29, 1.82) is 0 Å². The summed E-state index contributed by atoms with van der Waals surface area (Å²) in [6.45, 7) is 6.60. The van der Waals surface area contributed by atoms with Gasteiger partial charge in [-0.05, 0) is 55.7 Å². The Balaban J connectivity index is 2.56. The number of carboxylic acids is 1. The van der Waals surface area contributed by atoms with E-state index >= 15 is 0 Å². The van der Waals surface area contributed by atoms with Gasteiger partial charge in [0.05, 0.1) is 5.92 Å². The lowest BCUT2D eigenvalue weighted by atomic mass is 9.87. The first-order valence-corrected chi connectivity index (χ1v) is 7.46. The third-order valence-electron chi connectivity index (χ3n) is 4.24. The molecule has 0 radical (unpaired) electrons. The lowest BCUT2D eigenvalue weighted by Gasteiger charge is -2.19. The van der Waals surface area contributed by atoms with E-state index in [0.717, 1.165) is 19.3 Å². The van der Waals surface area contributed by atoms with Gasteiger partial charge in [0, 0.05) is 6.54 Å². The van der Waals surface area contributed by atoms with Crippen LogP contribution >= 0.6 is 0 Å². The van der Waals surface area contributed by atoms with Crippen molar-refractivity contribution in [3.8, 4) is 0 Å². The number of hydrogen-bond acceptors (Lipinski definition) is 2. The van der Waals surface area contributed by atoms with Crippen molar-refractivity contribution in [2.24, 2.45) is 17.6 Å². The first-order valence-electron chi connectivity index (χ1n) is 7.46. The number of nitrogens with two attached hydrogens (primary N) is 1. The standard InChI is InChI=1S/C17H27NO2/c1-4-14(10-16(11-18)17(19)20)7-8-15-6-5-12(2)13(3)9-15/h5-6,9,14,16H,4,7-8,10-11,18H2,1-3H3,(H,19,20). The molecule has 0 saturated carbocycles. The van der Waals surface area contributed by atoms with Gasteiger partial charge in [0.15, 0.2) is 0 Å². The van der Waals surface area contributed by atoms with E-state index in [4.69, 9.17) is 10.8 Å². The molecule has 0 aromatic heterocycles. The van der Waals surface area contributed by atoms with Crippen molar-refractivity contribution in [3.05, 3.63) is 34.9 Å². The van der Waals surface area contributed by atoms with Crippen molar-refractivity contribution >= 4 is 5.97 Å². The minimum absolute atomic E-state index is 0.232. The number of rotatable bonds is 8. The molecule has 1 aromatic carbocycles. The quantitative estimate of drug-likeness (QED) is 0.766. The predicted octanol–water partition coefficient (Wildman–Crippen LogP) is 3.31. The third-order valence-corrected chi connectivity index (χ3v) is 4.24. The Morgan fingerprint density at radius 1 is 1.30 bits per heavy atom. The highest BCUT2D eigenvalue weighted by Gasteiger charge is 2.20. The normalized spacial score (nSPS) is 14.0. The van der Waals surface area contributed by atoms with E-state index in [2.05, 4.69) is 39.0 Å². The zero-order valence-corrected chi connectivity index (χ0v) is 12.9. The summed E-state index contributed by atoms with van der Waals surface area (Å²) >= 11 is 0. The zero-order valence-electron chi connectivity index (χ0n) is 12.9. The van der Waals surface area contributed by atoms with Gasteiger partial charge >= 0.3 is 5.97 Å². The highest BCUT2D eigenvalue weighted by molar-refractivity contribution is 5.70. The zero-order chi connectivity index (χ0) is 15.1. The first-order chi connectivity index (χ1) is 9.47. The lowest BCUT2D eigenvalue weighted by molar-refractivity contribution is -0.142. The van der Waals surface area contributed by atoms with Crippen LogP contribution in [0.4, 0.5) is 0 Å². The van der Waals surface area contributed by atoms with Crippen LogP contribution in [-0.4, -0.2) is 17.6 Å². The molecule has 1 aromatic rings. The average molecular weight is 277 g/mol. The molecule has 3 heteroatoms. The van der Waals surface area contributed by atoms with E-state index in [0.29, 0.717) is 12.3 Å². The summed E-state index contributed by atoms with van der Waals surface area (Å²) in [6, 6.07) is 6.57. The summed E-state index contributed by atoms with van der Waals surface area (Å²) in [5, 5.41) is 9.09. The van der Waals surface area contributed by atoms with Crippen molar-refractivity contribution in [2.75, 3.05) is 6.54 Å². The van der Waals surface area contributed by atoms with Crippen LogP contribution in [0.25, 0.3) is 0 Å². The summed E-state index contributed by atoms with van der Waals surface area (Å²) in [5.41, 5.74) is 9.51. The van der Waals surface area contributed by atoms with Crippen LogP contribution in [0, 0.1) is 25.7 Å². The minimum atomic E-state index is -0.767. The van der Waals surface area contributed by atoms with Crippen LogP contribution in [-0.2, 0) is 11.2 Å². The van der Waals surface area contributed by atoms with E-state index < -0.39 is 11.9 Å². The van der Waals surface area contributed by atoms with E-state index in [1.807, 2.05) is 0 Å². The fourth-order valence-electron chi connectivity index (χ4n) is 2.52. The van der Waals surface area contributed by atoms with Crippen LogP contribution in [0.5, 0.6) is 0 Å². The molecule has 0 amide bonds. The van der Waals surface area contributed by atoms with Crippen molar-refractivity contribution in [2.45, 2.75) is 46.5 Å². The maximum Gasteiger partial charge on any atom is 0.307 e. The fourth-order valence-corrected chi connectivity index (χ4v) is 2.52. The van der Waals surface area contributed by atoms with Gasteiger partial charge in [0.25, 0.3) is 0 Å². The monoisotopic (exact) mass is 277 g/mol. The second kappa shape index (κ2) is 8.05. The number of benzene rings is 1. The largest absolute Gasteiger partial charge is 0.481 e. The maximum absolute atomic E-state index is 11.1. The molecule has 0 spiro atoms. The van der Waals surface area contributed by atoms with E-state index in [-0.39, 0.29) is 6.54 Å². The fraction of sp³-hybridized carbons (Fsp3) is 0.588. The number of aryl methyl sites for hydroxylation is 3. The molecule has 2 atom stereocenters. The van der Waals surface area contributed by atoms with Gasteiger partial charge in [-0.2, -0.15) is 0 Å². The van der Waals surface area contributed by atoms with Gasteiger partial charge in [-0.15, -0.1) is 0 Å². The van der Waals surface area contributed by atoms with Gasteiger partial charge in [-0.25, -0.2) is 0 Å². The highest BCUT2D eigenvalue weighted by Crippen LogP contribution is 2.22. The Kier molecular flexibility index (Phi) is 6.73. The molecule has 0 saturated heterocycles. The van der Waals surface area contributed by atoms with Gasteiger partial charge in [-0.1, -0.05) is 31.5 Å². The van der Waals surface area contributed by atoms with Gasteiger partial charge in [-0.3, -0.25) is 4.79 Å². The lowest BCUT2D eigenvalue weighted by Crippen LogP contribution is -2.26. The molecule has 3 N–H and O–H groups in total. The first kappa shape index (κ1) is 16.7. The molecule has 3 nitrogen and oxygen atoms in total. The Hall–Kier alpha value is -1.35. The molecule has 0 aliphatic heterocycles. The maximum atomic E-state index is 11.1. The molecule has 0 fully saturated rings. The third kappa shape index (κ3) is 4.97. The van der Waals surface area contributed by atoms with E-state index in [1.165, 1.54) is 16.7 Å². The molecule has 1 rings (SSSR count). The van der Waals surface area contributed by atoms with E-state index in [9.17, 15) is 4.79 Å². The van der Waals surface area contributed by atoms with Crippen LogP contribution in [0.2, 0.25) is 0 Å². The molecule has 0 aliphatic rings. The molecule has 112 valence electrons. The van der Waals surface area contributed by atoms with E-state index in [1.54, 1.807) is 0 Å². The Morgan fingerprint density at radius 3 is 2.50 bits per heavy atom. The van der Waals surface area contributed by atoms with Gasteiger partial charge in [0.2, 0.25) is 0 Å². The van der Waals surface area contributed by atoms with Crippen LogP contribution in [0.1, 0.15) is 42.9 Å². The molecule has 0 bridgehead atoms. The SMILES string of the molecule is CCC(CCc1ccc(C)c(C)c1)CC(CN)C(=O)O. The second-order valence-corrected chi connectivity index (χ2v) is 5.74. The van der Waals surface area contributed by atoms with Gasteiger partial charge in [0.1, 0.15) is 0 Å². The summed E-state index contributed by atoms with van der Waals surface area (Å²) in [5.74, 6) is -0.738. The second-order valence-electron chi connectivity index (χ2n) is 5.74. The van der Waals surface area contributed by atoms with Crippen LogP contribution < -0.4 is 5.73 Å². The summed E-state index contributed by atoms with van der Waals surface area (Å²) in [4.78, 5) is 11.1. The molecular formula is C17H27NO2. The molecule has 0 aliphatic carbocycles. The molecular weight excluding hydrogens is 250 g/mol. The number of carboxylic acid groups (broad SMARTS) is 1. The van der Waals surface area contributed by atoms with Gasteiger partial charge < -0.3 is 10.8 Å². The van der Waals surface area contributed by atoms with Crippen LogP contribution in [0.3, 0.4) is 0 Å². The van der Waals surface area contributed by atoms with Crippen molar-refractivity contribution in [3.63, 3.8) is 0 Å². The van der Waals surface area contributed by atoms with Crippen LogP contribution in [0.15, 0.2) is 18.2 Å². The highest BCUT2D eigenvalue weighted by atomic mass is 16.4. The molecule has 0 heterocycles. The Bertz CT molecular complexity index is 443.